The minimum Gasteiger partial charge on any atom is -0.484 e. The molecule has 110 valence electrons. The maximum absolute atomic E-state index is 11.9. The van der Waals surface area contributed by atoms with Crippen molar-refractivity contribution in [2.75, 3.05) is 18.2 Å². The summed E-state index contributed by atoms with van der Waals surface area (Å²) in [5.74, 6) is 0.541. The summed E-state index contributed by atoms with van der Waals surface area (Å²) < 4.78 is 5.48. The van der Waals surface area contributed by atoms with Gasteiger partial charge in [0.05, 0.1) is 0 Å². The van der Waals surface area contributed by atoms with Gasteiger partial charge in [0.15, 0.2) is 6.61 Å². The Labute approximate surface area is 129 Å². The normalized spacial score (nSPS) is 10.2. The molecule has 0 aliphatic heterocycles. The number of hydrogen-bond acceptors (Lipinski definition) is 3. The molecule has 0 aromatic heterocycles. The summed E-state index contributed by atoms with van der Waals surface area (Å²) in [4.78, 5) is 13.1. The molecule has 0 heterocycles. The molecule has 0 saturated carbocycles. The van der Waals surface area contributed by atoms with Crippen LogP contribution < -0.4 is 10.1 Å². The van der Waals surface area contributed by atoms with E-state index in [2.05, 4.69) is 5.32 Å². The van der Waals surface area contributed by atoms with E-state index in [0.717, 1.165) is 11.3 Å². The Kier molecular flexibility index (Phi) is 5.28. The molecular formula is C17H19NO2S. The van der Waals surface area contributed by atoms with Crippen molar-refractivity contribution < 1.29 is 9.53 Å². The highest BCUT2D eigenvalue weighted by Gasteiger charge is 2.06. The molecular weight excluding hydrogens is 282 g/mol. The lowest BCUT2D eigenvalue weighted by molar-refractivity contribution is -0.118. The van der Waals surface area contributed by atoms with E-state index in [-0.39, 0.29) is 12.5 Å². The van der Waals surface area contributed by atoms with Crippen LogP contribution in [-0.4, -0.2) is 18.8 Å². The van der Waals surface area contributed by atoms with Gasteiger partial charge in [-0.15, -0.1) is 11.8 Å². The largest absolute Gasteiger partial charge is 0.484 e. The predicted molar refractivity (Wildman–Crippen MR) is 88.3 cm³/mol. The van der Waals surface area contributed by atoms with Crippen LogP contribution >= 0.6 is 11.8 Å². The molecule has 0 radical (unpaired) electrons. The molecule has 2 rings (SSSR count). The Morgan fingerprint density at radius 2 is 1.86 bits per heavy atom. The first-order chi connectivity index (χ1) is 10.1. The number of benzene rings is 2. The van der Waals surface area contributed by atoms with E-state index in [4.69, 9.17) is 4.74 Å². The number of nitrogens with one attached hydrogen (secondary N) is 1. The standard InChI is InChI=1S/C17H19NO2S/c1-12-4-9-16(13(2)10-12)18-17(19)11-20-14-5-7-15(21-3)8-6-14/h4-10H,11H2,1-3H3,(H,18,19). The topological polar surface area (TPSA) is 38.3 Å². The maximum Gasteiger partial charge on any atom is 0.262 e. The van der Waals surface area contributed by atoms with E-state index >= 15 is 0 Å². The van der Waals surface area contributed by atoms with Crippen LogP contribution in [0.3, 0.4) is 0 Å². The number of rotatable bonds is 5. The SMILES string of the molecule is CSc1ccc(OCC(=O)Nc2ccc(C)cc2C)cc1. The predicted octanol–water partition coefficient (Wildman–Crippen LogP) is 4.04. The summed E-state index contributed by atoms with van der Waals surface area (Å²) in [6.07, 6.45) is 2.02. The highest BCUT2D eigenvalue weighted by molar-refractivity contribution is 7.98. The Balaban J connectivity index is 1.89. The molecule has 2 aromatic carbocycles. The van der Waals surface area contributed by atoms with Gasteiger partial charge in [0, 0.05) is 10.6 Å². The summed E-state index contributed by atoms with van der Waals surface area (Å²) in [6.45, 7) is 4.01. The van der Waals surface area contributed by atoms with E-state index in [0.29, 0.717) is 5.75 Å². The lowest BCUT2D eigenvalue weighted by atomic mass is 10.1. The molecule has 0 atom stereocenters. The molecule has 3 nitrogen and oxygen atoms in total. The zero-order valence-corrected chi connectivity index (χ0v) is 13.3. The van der Waals surface area contributed by atoms with Crippen LogP contribution in [0.5, 0.6) is 5.75 Å². The van der Waals surface area contributed by atoms with Crippen molar-refractivity contribution in [3.05, 3.63) is 53.6 Å². The lowest BCUT2D eigenvalue weighted by Gasteiger charge is -2.10. The van der Waals surface area contributed by atoms with Crippen LogP contribution in [-0.2, 0) is 4.79 Å². The van der Waals surface area contributed by atoms with Crippen molar-refractivity contribution in [2.24, 2.45) is 0 Å². The number of thioether (sulfide) groups is 1. The Morgan fingerprint density at radius 1 is 1.14 bits per heavy atom. The van der Waals surface area contributed by atoms with Crippen LogP contribution in [0.25, 0.3) is 0 Å². The fourth-order valence-electron chi connectivity index (χ4n) is 1.96. The summed E-state index contributed by atoms with van der Waals surface area (Å²) in [6, 6.07) is 13.6. The van der Waals surface area contributed by atoms with Gasteiger partial charge in [-0.05, 0) is 56.0 Å². The average molecular weight is 301 g/mol. The molecule has 0 aliphatic rings. The molecule has 2 aromatic rings. The number of aryl methyl sites for hydroxylation is 2. The van der Waals surface area contributed by atoms with Crippen LogP contribution in [0, 0.1) is 13.8 Å². The smallest absolute Gasteiger partial charge is 0.262 e. The number of ether oxygens (including phenoxy) is 1. The van der Waals surface area contributed by atoms with Gasteiger partial charge < -0.3 is 10.1 Å². The number of anilines is 1. The Bertz CT molecular complexity index is 623. The van der Waals surface area contributed by atoms with Crippen molar-refractivity contribution in [2.45, 2.75) is 18.7 Å². The summed E-state index contributed by atoms with van der Waals surface area (Å²) in [5, 5.41) is 2.86. The highest BCUT2D eigenvalue weighted by atomic mass is 32.2. The van der Waals surface area contributed by atoms with E-state index in [9.17, 15) is 4.79 Å². The van der Waals surface area contributed by atoms with E-state index in [1.807, 2.05) is 62.6 Å². The maximum atomic E-state index is 11.9. The quantitative estimate of drug-likeness (QED) is 0.847. The second kappa shape index (κ2) is 7.18. The first kappa shape index (κ1) is 15.4. The fourth-order valence-corrected chi connectivity index (χ4v) is 2.37. The third kappa shape index (κ3) is 4.53. The molecule has 1 N–H and O–H groups in total. The molecule has 0 unspecified atom stereocenters. The second-order valence-corrected chi connectivity index (χ2v) is 5.71. The van der Waals surface area contributed by atoms with Gasteiger partial charge in [0.25, 0.3) is 5.91 Å². The minimum atomic E-state index is -0.157. The number of amides is 1. The molecule has 21 heavy (non-hydrogen) atoms. The van der Waals surface area contributed by atoms with Crippen molar-refractivity contribution in [3.63, 3.8) is 0 Å². The zero-order valence-electron chi connectivity index (χ0n) is 12.5. The molecule has 1 amide bonds. The number of carbonyl (C=O) groups excluding carboxylic acids is 1. The van der Waals surface area contributed by atoms with E-state index < -0.39 is 0 Å². The monoisotopic (exact) mass is 301 g/mol. The van der Waals surface area contributed by atoms with Crippen LogP contribution in [0.1, 0.15) is 11.1 Å². The third-order valence-corrected chi connectivity index (χ3v) is 3.83. The Morgan fingerprint density at radius 3 is 2.48 bits per heavy atom. The number of carbonyl (C=O) groups is 1. The fraction of sp³-hybridized carbons (Fsp3) is 0.235. The van der Waals surface area contributed by atoms with Gasteiger partial charge >= 0.3 is 0 Å². The van der Waals surface area contributed by atoms with Crippen molar-refractivity contribution in [3.8, 4) is 5.75 Å². The van der Waals surface area contributed by atoms with Crippen LogP contribution in [0.2, 0.25) is 0 Å². The molecule has 0 fully saturated rings. The molecule has 0 saturated heterocycles. The lowest BCUT2D eigenvalue weighted by Crippen LogP contribution is -2.20. The third-order valence-electron chi connectivity index (χ3n) is 3.09. The average Bonchev–Trinajstić information content (AvgIpc) is 2.48. The first-order valence-corrected chi connectivity index (χ1v) is 7.95. The van der Waals surface area contributed by atoms with Gasteiger partial charge in [-0.2, -0.15) is 0 Å². The highest BCUT2D eigenvalue weighted by Crippen LogP contribution is 2.19. The van der Waals surface area contributed by atoms with Crippen LogP contribution in [0.15, 0.2) is 47.4 Å². The second-order valence-electron chi connectivity index (χ2n) is 4.83. The van der Waals surface area contributed by atoms with E-state index in [1.54, 1.807) is 11.8 Å². The van der Waals surface area contributed by atoms with E-state index in [1.165, 1.54) is 10.5 Å². The first-order valence-electron chi connectivity index (χ1n) is 6.72. The van der Waals surface area contributed by atoms with Crippen molar-refractivity contribution >= 4 is 23.4 Å². The van der Waals surface area contributed by atoms with Crippen molar-refractivity contribution in [1.29, 1.82) is 0 Å². The summed E-state index contributed by atoms with van der Waals surface area (Å²) >= 11 is 1.67. The van der Waals surface area contributed by atoms with Gasteiger partial charge in [-0.3, -0.25) is 4.79 Å². The summed E-state index contributed by atoms with van der Waals surface area (Å²) in [5.41, 5.74) is 3.05. The van der Waals surface area contributed by atoms with Crippen molar-refractivity contribution in [1.82, 2.24) is 0 Å². The van der Waals surface area contributed by atoms with Gasteiger partial charge in [-0.1, -0.05) is 17.7 Å². The molecule has 4 heteroatoms. The van der Waals surface area contributed by atoms with Gasteiger partial charge in [-0.25, -0.2) is 0 Å². The van der Waals surface area contributed by atoms with Gasteiger partial charge in [0.1, 0.15) is 5.75 Å². The van der Waals surface area contributed by atoms with Crippen LogP contribution in [0.4, 0.5) is 5.69 Å². The minimum absolute atomic E-state index is 0.00588. The molecule has 0 spiro atoms. The molecule has 0 aliphatic carbocycles. The van der Waals surface area contributed by atoms with Gasteiger partial charge in [0.2, 0.25) is 0 Å². The summed E-state index contributed by atoms with van der Waals surface area (Å²) in [7, 11) is 0. The zero-order chi connectivity index (χ0) is 15.2. The molecule has 0 bridgehead atoms. The number of hydrogen-bond donors (Lipinski definition) is 1. The Hall–Kier alpha value is -1.94.